The van der Waals surface area contributed by atoms with Crippen LogP contribution in [0.25, 0.3) is 0 Å². The Labute approximate surface area is 123 Å². The third kappa shape index (κ3) is 3.74. The van der Waals surface area contributed by atoms with Gasteiger partial charge in [0.25, 0.3) is 5.91 Å². The standard InChI is InChI=1S/C12H12BrN3O2S/c1-18-9-4-2-3-8(7-9)11(17)14-12-16-15-10(19-12)5-6-13/h2-4,7H,5-6H2,1H3,(H,14,16,17). The topological polar surface area (TPSA) is 64.1 Å². The van der Waals surface area contributed by atoms with Crippen molar-refractivity contribution < 1.29 is 9.53 Å². The van der Waals surface area contributed by atoms with E-state index in [1.807, 2.05) is 0 Å². The SMILES string of the molecule is COc1cccc(C(=O)Nc2nnc(CCBr)s2)c1. The summed E-state index contributed by atoms with van der Waals surface area (Å²) >= 11 is 4.71. The first-order chi connectivity index (χ1) is 9.22. The Morgan fingerprint density at radius 3 is 3.05 bits per heavy atom. The van der Waals surface area contributed by atoms with Gasteiger partial charge in [0.15, 0.2) is 0 Å². The predicted octanol–water partition coefficient (Wildman–Crippen LogP) is 2.74. The fourth-order valence-corrected chi connectivity index (χ4v) is 2.79. The van der Waals surface area contributed by atoms with Gasteiger partial charge in [-0.1, -0.05) is 33.3 Å². The van der Waals surface area contributed by atoms with Crippen molar-refractivity contribution in [2.24, 2.45) is 0 Å². The summed E-state index contributed by atoms with van der Waals surface area (Å²) in [7, 11) is 1.56. The number of hydrogen-bond donors (Lipinski definition) is 1. The molecule has 0 atom stereocenters. The van der Waals surface area contributed by atoms with Crippen LogP contribution in [0.5, 0.6) is 5.75 Å². The monoisotopic (exact) mass is 341 g/mol. The van der Waals surface area contributed by atoms with Gasteiger partial charge in [-0.2, -0.15) is 0 Å². The van der Waals surface area contributed by atoms with Crippen LogP contribution in [0.2, 0.25) is 0 Å². The number of anilines is 1. The number of halogens is 1. The molecule has 5 nitrogen and oxygen atoms in total. The zero-order chi connectivity index (χ0) is 13.7. The molecule has 1 N–H and O–H groups in total. The lowest BCUT2D eigenvalue weighted by atomic mass is 10.2. The minimum atomic E-state index is -0.222. The van der Waals surface area contributed by atoms with Crippen LogP contribution in [-0.4, -0.2) is 28.5 Å². The lowest BCUT2D eigenvalue weighted by Gasteiger charge is -2.03. The zero-order valence-corrected chi connectivity index (χ0v) is 12.6. The maximum absolute atomic E-state index is 12.0. The molecule has 1 aromatic carbocycles. The van der Waals surface area contributed by atoms with Gasteiger partial charge in [0.2, 0.25) is 5.13 Å². The summed E-state index contributed by atoms with van der Waals surface area (Å²) in [5.41, 5.74) is 0.525. The fraction of sp³-hybridized carbons (Fsp3) is 0.250. The highest BCUT2D eigenvalue weighted by Crippen LogP contribution is 2.18. The van der Waals surface area contributed by atoms with Gasteiger partial charge in [0.05, 0.1) is 7.11 Å². The number of ether oxygens (including phenoxy) is 1. The van der Waals surface area contributed by atoms with E-state index < -0.39 is 0 Å². The van der Waals surface area contributed by atoms with Gasteiger partial charge in [0, 0.05) is 17.3 Å². The molecule has 0 bridgehead atoms. The van der Waals surface area contributed by atoms with E-state index in [-0.39, 0.29) is 5.91 Å². The average Bonchev–Trinajstić information content (AvgIpc) is 2.86. The molecule has 1 aromatic heterocycles. The molecular formula is C12H12BrN3O2S. The number of amides is 1. The number of alkyl halides is 1. The summed E-state index contributed by atoms with van der Waals surface area (Å²) in [5, 5.41) is 12.9. The van der Waals surface area contributed by atoms with Crippen molar-refractivity contribution in [2.75, 3.05) is 17.8 Å². The van der Waals surface area contributed by atoms with Crippen LogP contribution < -0.4 is 10.1 Å². The molecule has 100 valence electrons. The second kappa shape index (κ2) is 6.63. The van der Waals surface area contributed by atoms with Crippen molar-refractivity contribution in [2.45, 2.75) is 6.42 Å². The number of hydrogen-bond acceptors (Lipinski definition) is 5. The van der Waals surface area contributed by atoms with Crippen molar-refractivity contribution >= 4 is 38.3 Å². The van der Waals surface area contributed by atoms with E-state index in [1.165, 1.54) is 11.3 Å². The highest BCUT2D eigenvalue weighted by molar-refractivity contribution is 9.09. The number of methoxy groups -OCH3 is 1. The smallest absolute Gasteiger partial charge is 0.257 e. The Morgan fingerprint density at radius 1 is 1.47 bits per heavy atom. The van der Waals surface area contributed by atoms with Crippen LogP contribution in [0.4, 0.5) is 5.13 Å². The van der Waals surface area contributed by atoms with Crippen molar-refractivity contribution in [3.05, 3.63) is 34.8 Å². The summed E-state index contributed by atoms with van der Waals surface area (Å²) in [4.78, 5) is 12.0. The molecular weight excluding hydrogens is 330 g/mol. The maximum atomic E-state index is 12.0. The third-order valence-electron chi connectivity index (χ3n) is 2.33. The Kier molecular flexibility index (Phi) is 4.86. The Balaban J connectivity index is 2.06. The molecule has 0 saturated carbocycles. The first kappa shape index (κ1) is 14.0. The first-order valence-electron chi connectivity index (χ1n) is 5.56. The largest absolute Gasteiger partial charge is 0.497 e. The lowest BCUT2D eigenvalue weighted by molar-refractivity contribution is 0.102. The maximum Gasteiger partial charge on any atom is 0.257 e. The zero-order valence-electron chi connectivity index (χ0n) is 10.2. The van der Waals surface area contributed by atoms with E-state index in [9.17, 15) is 4.79 Å². The summed E-state index contributed by atoms with van der Waals surface area (Å²) < 4.78 is 5.08. The normalized spacial score (nSPS) is 10.2. The van der Waals surface area contributed by atoms with Crippen molar-refractivity contribution in [1.82, 2.24) is 10.2 Å². The molecule has 7 heteroatoms. The van der Waals surface area contributed by atoms with Crippen LogP contribution >= 0.6 is 27.3 Å². The van der Waals surface area contributed by atoms with Crippen molar-refractivity contribution in [3.8, 4) is 5.75 Å². The first-order valence-corrected chi connectivity index (χ1v) is 7.50. The van der Waals surface area contributed by atoms with Crippen LogP contribution in [0.3, 0.4) is 0 Å². The van der Waals surface area contributed by atoms with Crippen LogP contribution in [0.15, 0.2) is 24.3 Å². The van der Waals surface area contributed by atoms with Gasteiger partial charge in [-0.05, 0) is 18.2 Å². The molecule has 2 aromatic rings. The molecule has 0 saturated heterocycles. The van der Waals surface area contributed by atoms with E-state index in [0.717, 1.165) is 16.8 Å². The number of benzene rings is 1. The number of nitrogens with one attached hydrogen (secondary N) is 1. The number of nitrogens with zero attached hydrogens (tertiary/aromatic N) is 2. The summed E-state index contributed by atoms with van der Waals surface area (Å²) in [6.07, 6.45) is 0.798. The average molecular weight is 342 g/mol. The molecule has 0 aliphatic rings. The Hall–Kier alpha value is -1.47. The highest BCUT2D eigenvalue weighted by atomic mass is 79.9. The van der Waals surface area contributed by atoms with E-state index in [1.54, 1.807) is 31.4 Å². The molecule has 2 rings (SSSR count). The van der Waals surface area contributed by atoms with E-state index in [2.05, 4.69) is 31.4 Å². The van der Waals surface area contributed by atoms with Gasteiger partial charge < -0.3 is 4.74 Å². The van der Waals surface area contributed by atoms with E-state index in [4.69, 9.17) is 4.74 Å². The molecule has 19 heavy (non-hydrogen) atoms. The quantitative estimate of drug-likeness (QED) is 0.849. The molecule has 0 fully saturated rings. The molecule has 0 radical (unpaired) electrons. The Morgan fingerprint density at radius 2 is 2.32 bits per heavy atom. The van der Waals surface area contributed by atoms with Crippen LogP contribution in [-0.2, 0) is 6.42 Å². The number of rotatable bonds is 5. The minimum absolute atomic E-state index is 0.222. The van der Waals surface area contributed by atoms with E-state index >= 15 is 0 Å². The molecule has 0 unspecified atom stereocenters. The summed E-state index contributed by atoms with van der Waals surface area (Å²) in [6, 6.07) is 6.95. The molecule has 0 aliphatic carbocycles. The van der Waals surface area contributed by atoms with Crippen LogP contribution in [0.1, 0.15) is 15.4 Å². The molecule has 1 amide bonds. The van der Waals surface area contributed by atoms with Gasteiger partial charge in [0.1, 0.15) is 10.8 Å². The van der Waals surface area contributed by atoms with Gasteiger partial charge in [-0.3, -0.25) is 10.1 Å². The number of aryl methyl sites for hydroxylation is 1. The van der Waals surface area contributed by atoms with E-state index in [0.29, 0.717) is 16.4 Å². The fourth-order valence-electron chi connectivity index (χ4n) is 1.42. The van der Waals surface area contributed by atoms with Gasteiger partial charge in [-0.25, -0.2) is 0 Å². The number of carbonyl (C=O) groups excluding carboxylic acids is 1. The summed E-state index contributed by atoms with van der Waals surface area (Å²) in [6.45, 7) is 0. The second-order valence-electron chi connectivity index (χ2n) is 3.63. The summed E-state index contributed by atoms with van der Waals surface area (Å²) in [5.74, 6) is 0.422. The molecule has 0 spiro atoms. The number of carbonyl (C=O) groups is 1. The second-order valence-corrected chi connectivity index (χ2v) is 5.48. The third-order valence-corrected chi connectivity index (χ3v) is 3.62. The molecule has 0 aliphatic heterocycles. The Bertz CT molecular complexity index is 574. The lowest BCUT2D eigenvalue weighted by Crippen LogP contribution is -2.11. The number of aromatic nitrogens is 2. The van der Waals surface area contributed by atoms with Gasteiger partial charge >= 0.3 is 0 Å². The van der Waals surface area contributed by atoms with Crippen LogP contribution in [0, 0.1) is 0 Å². The molecule has 1 heterocycles. The van der Waals surface area contributed by atoms with Crippen molar-refractivity contribution in [1.29, 1.82) is 0 Å². The van der Waals surface area contributed by atoms with Gasteiger partial charge in [-0.15, -0.1) is 10.2 Å². The minimum Gasteiger partial charge on any atom is -0.497 e. The highest BCUT2D eigenvalue weighted by Gasteiger charge is 2.10. The van der Waals surface area contributed by atoms with Crippen molar-refractivity contribution in [3.63, 3.8) is 0 Å². The predicted molar refractivity (Wildman–Crippen MR) is 78.4 cm³/mol.